The summed E-state index contributed by atoms with van der Waals surface area (Å²) in [6.07, 6.45) is 15.4. The van der Waals surface area contributed by atoms with Gasteiger partial charge in [0.15, 0.2) is 0 Å². The summed E-state index contributed by atoms with van der Waals surface area (Å²) in [5.74, 6) is 1.50. The van der Waals surface area contributed by atoms with Gasteiger partial charge in [-0.05, 0) is 42.5 Å². The topological polar surface area (TPSA) is 75.1 Å². The molecule has 172 valence electrons. The fourth-order valence-electron chi connectivity index (χ4n) is 4.94. The van der Waals surface area contributed by atoms with E-state index in [-0.39, 0.29) is 0 Å². The largest absolute Gasteiger partial charge is 0.497 e. The van der Waals surface area contributed by atoms with Gasteiger partial charge in [0, 0.05) is 23.5 Å². The van der Waals surface area contributed by atoms with E-state index in [9.17, 15) is 0 Å². The molecular formula is C26H27N7O. The maximum absolute atomic E-state index is 5.25. The molecule has 1 aliphatic carbocycles. The molecule has 1 fully saturated rings. The Morgan fingerprint density at radius 2 is 1.79 bits per heavy atom. The maximum atomic E-state index is 5.25. The summed E-state index contributed by atoms with van der Waals surface area (Å²) < 4.78 is 11.2. The molecule has 4 heterocycles. The fourth-order valence-corrected chi connectivity index (χ4v) is 4.94. The second-order valence-corrected chi connectivity index (χ2v) is 9.09. The molecule has 0 spiro atoms. The van der Waals surface area contributed by atoms with Crippen LogP contribution in [0, 0.1) is 5.92 Å². The maximum Gasteiger partial charge on any atom is 0.118 e. The summed E-state index contributed by atoms with van der Waals surface area (Å²) in [6, 6.07) is 10.5. The Hall–Kier alpha value is -3.94. The number of fused-ring (bicyclic) bond motifs is 1. The van der Waals surface area contributed by atoms with Gasteiger partial charge in [-0.1, -0.05) is 25.5 Å². The molecule has 0 aliphatic heterocycles. The van der Waals surface area contributed by atoms with Crippen LogP contribution in [0.15, 0.2) is 67.5 Å². The van der Waals surface area contributed by atoms with Crippen LogP contribution in [0.3, 0.4) is 0 Å². The summed E-state index contributed by atoms with van der Waals surface area (Å²) in [6.45, 7) is 2.99. The van der Waals surface area contributed by atoms with Gasteiger partial charge in [-0.3, -0.25) is 9.36 Å². The van der Waals surface area contributed by atoms with E-state index in [1.54, 1.807) is 13.3 Å². The lowest BCUT2D eigenvalue weighted by molar-refractivity contribution is 0.375. The zero-order valence-corrected chi connectivity index (χ0v) is 19.4. The van der Waals surface area contributed by atoms with Gasteiger partial charge in [0.05, 0.1) is 61.4 Å². The number of methoxy groups -OCH3 is 1. The fraction of sp³-hybridized carbons (Fsp3) is 0.308. The minimum atomic E-state index is 0.467. The number of benzene rings is 1. The van der Waals surface area contributed by atoms with Crippen molar-refractivity contribution in [3.8, 4) is 28.3 Å². The first-order valence-corrected chi connectivity index (χ1v) is 11.7. The van der Waals surface area contributed by atoms with Crippen LogP contribution in [0.5, 0.6) is 5.75 Å². The Bertz CT molecular complexity index is 1430. The Morgan fingerprint density at radius 1 is 0.941 bits per heavy atom. The van der Waals surface area contributed by atoms with Gasteiger partial charge in [-0.15, -0.1) is 0 Å². The number of rotatable bonds is 6. The molecule has 1 aliphatic rings. The van der Waals surface area contributed by atoms with Crippen LogP contribution in [-0.2, 0) is 6.54 Å². The first-order chi connectivity index (χ1) is 16.7. The summed E-state index contributed by atoms with van der Waals surface area (Å²) in [5, 5.41) is 13.8. The minimum Gasteiger partial charge on any atom is -0.497 e. The molecule has 2 unspecified atom stereocenters. The highest BCUT2D eigenvalue weighted by Gasteiger charge is 2.26. The zero-order chi connectivity index (χ0) is 23.1. The van der Waals surface area contributed by atoms with Gasteiger partial charge in [0.2, 0.25) is 0 Å². The second-order valence-electron chi connectivity index (χ2n) is 9.09. The monoisotopic (exact) mass is 453 g/mol. The Balaban J connectivity index is 1.32. The van der Waals surface area contributed by atoms with E-state index >= 15 is 0 Å². The van der Waals surface area contributed by atoms with Gasteiger partial charge in [0.25, 0.3) is 0 Å². The van der Waals surface area contributed by atoms with E-state index in [0.29, 0.717) is 18.5 Å². The van der Waals surface area contributed by atoms with Crippen LogP contribution in [0.25, 0.3) is 28.0 Å². The lowest BCUT2D eigenvalue weighted by Gasteiger charge is -2.15. The highest BCUT2D eigenvalue weighted by Crippen LogP contribution is 2.36. The molecule has 1 aromatic carbocycles. The van der Waals surface area contributed by atoms with Crippen LogP contribution in [-0.4, -0.2) is 41.3 Å². The molecule has 8 nitrogen and oxygen atoms in total. The number of hydrogen-bond acceptors (Lipinski definition) is 5. The average Bonchev–Trinajstić information content (AvgIpc) is 3.65. The standard InChI is InChI=1S/C26H27N7O/c1-18-4-3-5-24(18)32-16-21(13-29-32)26-25-10-11-27-33(25)17-23(30-26)20-12-28-31(15-20)14-19-6-8-22(34-2)9-7-19/h6-13,15-18,24H,3-5,14H2,1-2H3. The van der Waals surface area contributed by atoms with Crippen LogP contribution in [0.2, 0.25) is 0 Å². The van der Waals surface area contributed by atoms with E-state index in [2.05, 4.69) is 40.1 Å². The van der Waals surface area contributed by atoms with Crippen molar-refractivity contribution in [2.24, 2.45) is 5.92 Å². The number of aromatic nitrogens is 7. The van der Waals surface area contributed by atoms with Crippen molar-refractivity contribution < 1.29 is 4.74 Å². The molecule has 0 bridgehead atoms. The van der Waals surface area contributed by atoms with Crippen LogP contribution in [0.4, 0.5) is 0 Å². The van der Waals surface area contributed by atoms with Gasteiger partial charge in [0.1, 0.15) is 5.75 Å². The average molecular weight is 454 g/mol. The summed E-state index contributed by atoms with van der Waals surface area (Å²) >= 11 is 0. The quantitative estimate of drug-likeness (QED) is 0.367. The van der Waals surface area contributed by atoms with Gasteiger partial charge >= 0.3 is 0 Å². The number of nitrogens with zero attached hydrogens (tertiary/aromatic N) is 7. The third-order valence-electron chi connectivity index (χ3n) is 6.85. The van der Waals surface area contributed by atoms with E-state index in [0.717, 1.165) is 39.3 Å². The Kier molecular flexibility index (Phi) is 5.13. The van der Waals surface area contributed by atoms with Gasteiger partial charge in [-0.25, -0.2) is 9.50 Å². The van der Waals surface area contributed by atoms with Crippen LogP contribution < -0.4 is 4.74 Å². The Morgan fingerprint density at radius 3 is 2.59 bits per heavy atom. The molecule has 2 atom stereocenters. The Labute approximate surface area is 197 Å². The third kappa shape index (κ3) is 3.75. The molecule has 6 rings (SSSR count). The van der Waals surface area contributed by atoms with Crippen LogP contribution >= 0.6 is 0 Å². The van der Waals surface area contributed by atoms with Crippen molar-refractivity contribution in [1.29, 1.82) is 0 Å². The van der Waals surface area contributed by atoms with Gasteiger partial charge in [-0.2, -0.15) is 15.3 Å². The predicted molar refractivity (Wildman–Crippen MR) is 130 cm³/mol. The summed E-state index contributed by atoms with van der Waals surface area (Å²) in [5.41, 5.74) is 5.79. The molecule has 0 radical (unpaired) electrons. The first-order valence-electron chi connectivity index (χ1n) is 11.7. The molecule has 1 saturated carbocycles. The zero-order valence-electron chi connectivity index (χ0n) is 19.4. The summed E-state index contributed by atoms with van der Waals surface area (Å²) in [4.78, 5) is 5.03. The van der Waals surface area contributed by atoms with E-state index in [4.69, 9.17) is 14.8 Å². The molecule has 0 saturated heterocycles. The smallest absolute Gasteiger partial charge is 0.118 e. The summed E-state index contributed by atoms with van der Waals surface area (Å²) in [7, 11) is 1.67. The predicted octanol–water partition coefficient (Wildman–Crippen LogP) is 4.87. The first kappa shape index (κ1) is 20.7. The molecule has 34 heavy (non-hydrogen) atoms. The molecule has 0 N–H and O–H groups in total. The SMILES string of the molecule is COc1ccc(Cn2cc(-c3cn4nccc4c(-c4cnn(C5CCCC5C)c4)n3)cn2)cc1. The molecule has 8 heteroatoms. The van der Waals surface area contributed by atoms with E-state index in [1.165, 1.54) is 19.3 Å². The second kappa shape index (κ2) is 8.44. The molecule has 0 amide bonds. The number of ether oxygens (including phenoxy) is 1. The molecule has 5 aromatic rings. The van der Waals surface area contributed by atoms with Crippen molar-refractivity contribution in [2.45, 2.75) is 38.8 Å². The normalized spacial score (nSPS) is 18.1. The molecular weight excluding hydrogens is 426 g/mol. The van der Waals surface area contributed by atoms with Crippen LogP contribution in [0.1, 0.15) is 37.8 Å². The van der Waals surface area contributed by atoms with Crippen molar-refractivity contribution in [3.63, 3.8) is 0 Å². The van der Waals surface area contributed by atoms with E-state index < -0.39 is 0 Å². The van der Waals surface area contributed by atoms with Crippen molar-refractivity contribution in [1.82, 2.24) is 34.2 Å². The van der Waals surface area contributed by atoms with Crippen molar-refractivity contribution in [3.05, 3.63) is 73.1 Å². The number of hydrogen-bond donors (Lipinski definition) is 0. The lowest BCUT2D eigenvalue weighted by atomic mass is 10.1. The van der Waals surface area contributed by atoms with Crippen molar-refractivity contribution in [2.75, 3.05) is 7.11 Å². The third-order valence-corrected chi connectivity index (χ3v) is 6.85. The highest BCUT2D eigenvalue weighted by molar-refractivity contribution is 5.78. The lowest BCUT2D eigenvalue weighted by Crippen LogP contribution is -2.11. The molecule has 4 aromatic heterocycles. The minimum absolute atomic E-state index is 0.467. The van der Waals surface area contributed by atoms with Crippen molar-refractivity contribution >= 4 is 5.52 Å². The van der Waals surface area contributed by atoms with E-state index in [1.807, 2.05) is 52.2 Å². The van der Waals surface area contributed by atoms with Gasteiger partial charge < -0.3 is 4.74 Å². The highest BCUT2D eigenvalue weighted by atomic mass is 16.5.